The standard InChI is InChI=1S/C15H30N2S/c1-3-10-16-14-6-11-17(12-7-14)13-15(18-2)8-4-5-9-15/h14,16H,3-13H2,1-2H3. The fourth-order valence-corrected chi connectivity index (χ4v) is 4.51. The molecule has 2 fully saturated rings. The first-order valence-corrected chi connectivity index (χ1v) is 9.01. The van der Waals surface area contributed by atoms with Crippen LogP contribution in [0.3, 0.4) is 0 Å². The maximum absolute atomic E-state index is 3.68. The molecule has 1 aliphatic heterocycles. The monoisotopic (exact) mass is 270 g/mol. The van der Waals surface area contributed by atoms with E-state index in [2.05, 4.69) is 35.2 Å². The summed E-state index contributed by atoms with van der Waals surface area (Å²) in [5.74, 6) is 0. The van der Waals surface area contributed by atoms with Gasteiger partial charge in [-0.3, -0.25) is 0 Å². The Kier molecular flexibility index (Phi) is 5.84. The van der Waals surface area contributed by atoms with E-state index in [1.165, 1.54) is 71.1 Å². The van der Waals surface area contributed by atoms with E-state index >= 15 is 0 Å². The molecule has 0 aromatic carbocycles. The van der Waals surface area contributed by atoms with Gasteiger partial charge in [-0.05, 0) is 58.0 Å². The van der Waals surface area contributed by atoms with Gasteiger partial charge in [0.25, 0.3) is 0 Å². The second kappa shape index (κ2) is 7.16. The van der Waals surface area contributed by atoms with Crippen molar-refractivity contribution in [2.24, 2.45) is 0 Å². The smallest absolute Gasteiger partial charge is 0.0284 e. The Hall–Kier alpha value is 0.270. The van der Waals surface area contributed by atoms with Crippen LogP contribution in [0.5, 0.6) is 0 Å². The summed E-state index contributed by atoms with van der Waals surface area (Å²) >= 11 is 2.13. The van der Waals surface area contributed by atoms with Gasteiger partial charge in [0.15, 0.2) is 0 Å². The molecule has 1 saturated heterocycles. The van der Waals surface area contributed by atoms with Crippen LogP contribution >= 0.6 is 11.8 Å². The lowest BCUT2D eigenvalue weighted by Gasteiger charge is -2.38. The summed E-state index contributed by atoms with van der Waals surface area (Å²) in [5.41, 5.74) is 0. The lowest BCUT2D eigenvalue weighted by atomic mass is 10.0. The Morgan fingerprint density at radius 2 is 1.89 bits per heavy atom. The largest absolute Gasteiger partial charge is 0.314 e. The van der Waals surface area contributed by atoms with Crippen LogP contribution in [-0.4, -0.2) is 48.1 Å². The Balaban J connectivity index is 1.72. The number of hydrogen-bond donors (Lipinski definition) is 1. The van der Waals surface area contributed by atoms with Gasteiger partial charge >= 0.3 is 0 Å². The van der Waals surface area contributed by atoms with Crippen LogP contribution in [0, 0.1) is 0 Å². The molecule has 106 valence electrons. The van der Waals surface area contributed by atoms with E-state index in [4.69, 9.17) is 0 Å². The molecule has 0 aromatic heterocycles. The fourth-order valence-electron chi connectivity index (χ4n) is 3.50. The highest BCUT2D eigenvalue weighted by molar-refractivity contribution is 8.00. The van der Waals surface area contributed by atoms with Gasteiger partial charge in [-0.25, -0.2) is 0 Å². The molecular weight excluding hydrogens is 240 g/mol. The summed E-state index contributed by atoms with van der Waals surface area (Å²) in [4.78, 5) is 2.73. The predicted molar refractivity (Wildman–Crippen MR) is 82.5 cm³/mol. The zero-order chi connectivity index (χ0) is 12.8. The predicted octanol–water partition coefficient (Wildman–Crippen LogP) is 3.13. The number of thioether (sulfide) groups is 1. The lowest BCUT2D eigenvalue weighted by molar-refractivity contribution is 0.181. The number of likely N-dealkylation sites (tertiary alicyclic amines) is 1. The first-order chi connectivity index (χ1) is 8.78. The average Bonchev–Trinajstić information content (AvgIpc) is 2.87. The normalized spacial score (nSPS) is 25.7. The highest BCUT2D eigenvalue weighted by Crippen LogP contribution is 2.41. The summed E-state index contributed by atoms with van der Waals surface area (Å²) in [7, 11) is 0. The number of rotatable bonds is 6. The summed E-state index contributed by atoms with van der Waals surface area (Å²) in [6.07, 6.45) is 12.1. The van der Waals surface area contributed by atoms with Crippen LogP contribution in [0.25, 0.3) is 0 Å². The Bertz CT molecular complexity index is 231. The van der Waals surface area contributed by atoms with Crippen molar-refractivity contribution in [1.29, 1.82) is 0 Å². The van der Waals surface area contributed by atoms with Crippen molar-refractivity contribution in [3.8, 4) is 0 Å². The van der Waals surface area contributed by atoms with Crippen molar-refractivity contribution in [1.82, 2.24) is 10.2 Å². The Morgan fingerprint density at radius 1 is 1.22 bits per heavy atom. The second-order valence-electron chi connectivity index (χ2n) is 6.10. The molecule has 0 unspecified atom stereocenters. The molecule has 0 bridgehead atoms. The lowest BCUT2D eigenvalue weighted by Crippen LogP contribution is -2.47. The number of piperidine rings is 1. The topological polar surface area (TPSA) is 15.3 Å². The van der Waals surface area contributed by atoms with E-state index in [9.17, 15) is 0 Å². The van der Waals surface area contributed by atoms with Crippen LogP contribution in [0.2, 0.25) is 0 Å². The van der Waals surface area contributed by atoms with E-state index in [0.717, 1.165) is 6.04 Å². The van der Waals surface area contributed by atoms with E-state index in [1.807, 2.05) is 0 Å². The van der Waals surface area contributed by atoms with Crippen molar-refractivity contribution in [3.63, 3.8) is 0 Å². The van der Waals surface area contributed by atoms with Crippen LogP contribution in [0.15, 0.2) is 0 Å². The molecule has 1 aliphatic carbocycles. The summed E-state index contributed by atoms with van der Waals surface area (Å²) < 4.78 is 0.601. The van der Waals surface area contributed by atoms with E-state index in [-0.39, 0.29) is 0 Å². The van der Waals surface area contributed by atoms with Crippen LogP contribution in [0.1, 0.15) is 51.9 Å². The van der Waals surface area contributed by atoms with Crippen molar-refractivity contribution in [2.75, 3.05) is 32.4 Å². The van der Waals surface area contributed by atoms with Gasteiger partial charge in [0.05, 0.1) is 0 Å². The van der Waals surface area contributed by atoms with Crippen LogP contribution in [-0.2, 0) is 0 Å². The van der Waals surface area contributed by atoms with Gasteiger partial charge < -0.3 is 10.2 Å². The summed E-state index contributed by atoms with van der Waals surface area (Å²) in [6.45, 7) is 7.41. The zero-order valence-electron chi connectivity index (χ0n) is 12.2. The molecule has 2 nitrogen and oxygen atoms in total. The minimum atomic E-state index is 0.601. The van der Waals surface area contributed by atoms with E-state index < -0.39 is 0 Å². The quantitative estimate of drug-likeness (QED) is 0.798. The average molecular weight is 270 g/mol. The molecule has 1 heterocycles. The van der Waals surface area contributed by atoms with Crippen molar-refractivity contribution in [3.05, 3.63) is 0 Å². The van der Waals surface area contributed by atoms with Crippen LogP contribution in [0.4, 0.5) is 0 Å². The maximum Gasteiger partial charge on any atom is 0.0284 e. The SMILES string of the molecule is CCCNC1CCN(CC2(SC)CCCC2)CC1. The second-order valence-corrected chi connectivity index (χ2v) is 7.37. The molecule has 1 saturated carbocycles. The molecule has 2 rings (SSSR count). The molecule has 0 amide bonds. The minimum absolute atomic E-state index is 0.601. The van der Waals surface area contributed by atoms with Gasteiger partial charge in [-0.15, -0.1) is 0 Å². The molecule has 0 spiro atoms. The summed E-state index contributed by atoms with van der Waals surface area (Å²) in [6, 6.07) is 0.787. The van der Waals surface area contributed by atoms with E-state index in [0.29, 0.717) is 4.75 Å². The molecule has 3 heteroatoms. The number of hydrogen-bond acceptors (Lipinski definition) is 3. The minimum Gasteiger partial charge on any atom is -0.314 e. The summed E-state index contributed by atoms with van der Waals surface area (Å²) in [5, 5.41) is 3.68. The molecule has 2 aliphatic rings. The van der Waals surface area contributed by atoms with Crippen molar-refractivity contribution >= 4 is 11.8 Å². The molecule has 18 heavy (non-hydrogen) atoms. The molecule has 0 atom stereocenters. The zero-order valence-corrected chi connectivity index (χ0v) is 13.0. The van der Waals surface area contributed by atoms with Gasteiger partial charge in [0.2, 0.25) is 0 Å². The molecule has 1 N–H and O–H groups in total. The van der Waals surface area contributed by atoms with Gasteiger partial charge in [-0.1, -0.05) is 19.8 Å². The van der Waals surface area contributed by atoms with Gasteiger partial charge in [-0.2, -0.15) is 11.8 Å². The highest BCUT2D eigenvalue weighted by atomic mass is 32.2. The first-order valence-electron chi connectivity index (χ1n) is 7.79. The maximum atomic E-state index is 3.68. The number of nitrogens with zero attached hydrogens (tertiary/aromatic N) is 1. The third-order valence-corrected chi connectivity index (χ3v) is 6.13. The van der Waals surface area contributed by atoms with Gasteiger partial charge in [0.1, 0.15) is 0 Å². The van der Waals surface area contributed by atoms with Crippen molar-refractivity contribution < 1.29 is 0 Å². The highest BCUT2D eigenvalue weighted by Gasteiger charge is 2.35. The molecule has 0 radical (unpaired) electrons. The third-order valence-electron chi connectivity index (χ3n) is 4.73. The Morgan fingerprint density at radius 3 is 2.44 bits per heavy atom. The van der Waals surface area contributed by atoms with Gasteiger partial charge in [0, 0.05) is 17.3 Å². The Labute approximate surface area is 117 Å². The fraction of sp³-hybridized carbons (Fsp3) is 1.00. The van der Waals surface area contributed by atoms with E-state index in [1.54, 1.807) is 0 Å². The van der Waals surface area contributed by atoms with Crippen molar-refractivity contribution in [2.45, 2.75) is 62.7 Å². The first kappa shape index (κ1) is 14.7. The molecule has 0 aromatic rings. The number of nitrogens with one attached hydrogen (secondary N) is 1. The van der Waals surface area contributed by atoms with Crippen LogP contribution < -0.4 is 5.32 Å². The third kappa shape index (κ3) is 3.88. The molecular formula is C15H30N2S.